The van der Waals surface area contributed by atoms with E-state index in [-0.39, 0.29) is 13.2 Å². The monoisotopic (exact) mass is 284 g/mol. The van der Waals surface area contributed by atoms with Gasteiger partial charge in [-0.2, -0.15) is 0 Å². The Morgan fingerprint density at radius 3 is 2.15 bits per heavy atom. The lowest BCUT2D eigenvalue weighted by atomic mass is 10.1. The molecule has 110 valence electrons. The van der Waals surface area contributed by atoms with Gasteiger partial charge in [0.1, 0.15) is 12.0 Å². The van der Waals surface area contributed by atoms with Crippen molar-refractivity contribution < 1.29 is 23.5 Å². The van der Waals surface area contributed by atoms with Crippen LogP contribution in [0, 0.1) is 5.82 Å². The fourth-order valence-electron chi connectivity index (χ4n) is 1.47. The Morgan fingerprint density at radius 2 is 1.70 bits per heavy atom. The van der Waals surface area contributed by atoms with Crippen molar-refractivity contribution in [3.63, 3.8) is 0 Å². The van der Waals surface area contributed by atoms with Crippen molar-refractivity contribution in [2.45, 2.75) is 20.0 Å². The first-order valence-corrected chi connectivity index (χ1v) is 6.18. The fourth-order valence-corrected chi connectivity index (χ4v) is 1.47. The summed E-state index contributed by atoms with van der Waals surface area (Å²) >= 11 is 0. The maximum atomic E-state index is 13.2. The lowest BCUT2D eigenvalue weighted by Gasteiger charge is -2.20. The Kier molecular flexibility index (Phi) is 6.28. The summed E-state index contributed by atoms with van der Waals surface area (Å²) in [7, 11) is 0. The van der Waals surface area contributed by atoms with Gasteiger partial charge < -0.3 is 9.47 Å². The van der Waals surface area contributed by atoms with Crippen LogP contribution in [0.1, 0.15) is 25.6 Å². The number of benzene rings is 1. The van der Waals surface area contributed by atoms with Gasteiger partial charge in [0, 0.05) is 0 Å². The summed E-state index contributed by atoms with van der Waals surface area (Å²) in [4.78, 5) is 22.9. The molecule has 2 N–H and O–H groups in total. The van der Waals surface area contributed by atoms with Gasteiger partial charge in [-0.05, 0) is 31.5 Å². The molecule has 1 rings (SSSR count). The number of rotatable bonds is 5. The molecular weight excluding hydrogens is 267 g/mol. The van der Waals surface area contributed by atoms with Crippen LogP contribution in [-0.4, -0.2) is 25.4 Å². The van der Waals surface area contributed by atoms with Crippen LogP contribution in [0.25, 0.3) is 0 Å². The number of carbonyl (C=O) groups is 2. The fraction of sp³-hybridized carbons (Fsp3) is 0.385. The predicted molar refractivity (Wildman–Crippen MR) is 69.5 cm³/mol. The minimum atomic E-state index is -0.941. The van der Waals surface area contributed by atoms with Crippen molar-refractivity contribution in [2.75, 3.05) is 13.2 Å². The number of nitrogens with one attached hydrogen (secondary N) is 2. The molecule has 7 heteroatoms. The van der Waals surface area contributed by atoms with Crippen molar-refractivity contribution >= 4 is 12.2 Å². The van der Waals surface area contributed by atoms with E-state index in [0.717, 1.165) is 0 Å². The number of hydrogen-bond donors (Lipinski definition) is 2. The third-order valence-corrected chi connectivity index (χ3v) is 2.26. The molecule has 0 saturated heterocycles. The molecule has 6 nitrogen and oxygen atoms in total. The normalized spacial score (nSPS) is 10.0. The molecule has 2 amide bonds. The second-order valence-electron chi connectivity index (χ2n) is 3.72. The summed E-state index contributed by atoms with van der Waals surface area (Å²) in [5.74, 6) is -0.483. The standard InChI is InChI=1S/C13H17FN2O4/c1-3-19-12(17)15-11(16-13(18)20-4-2)9-6-5-7-10(14)8-9/h5-8,11H,3-4H2,1-2H3,(H,15,17)(H,16,18). The van der Waals surface area contributed by atoms with Crippen LogP contribution in [0.5, 0.6) is 0 Å². The van der Waals surface area contributed by atoms with E-state index in [4.69, 9.17) is 9.47 Å². The molecule has 0 radical (unpaired) electrons. The predicted octanol–water partition coefficient (Wildman–Crippen LogP) is 2.32. The second kappa shape index (κ2) is 7.98. The largest absolute Gasteiger partial charge is 0.450 e. The number of alkyl carbamates (subject to hydrolysis) is 2. The first-order valence-electron chi connectivity index (χ1n) is 6.18. The number of halogens is 1. The molecule has 1 aromatic carbocycles. The number of hydrogen-bond acceptors (Lipinski definition) is 4. The van der Waals surface area contributed by atoms with E-state index >= 15 is 0 Å². The van der Waals surface area contributed by atoms with Crippen molar-refractivity contribution in [2.24, 2.45) is 0 Å². The van der Waals surface area contributed by atoms with Crippen molar-refractivity contribution in [3.8, 4) is 0 Å². The van der Waals surface area contributed by atoms with E-state index in [0.29, 0.717) is 5.56 Å². The molecule has 20 heavy (non-hydrogen) atoms. The lowest BCUT2D eigenvalue weighted by molar-refractivity contribution is 0.135. The molecule has 1 aromatic rings. The van der Waals surface area contributed by atoms with Crippen LogP contribution in [0.15, 0.2) is 24.3 Å². The topological polar surface area (TPSA) is 76.7 Å². The molecule has 0 fully saturated rings. The highest BCUT2D eigenvalue weighted by atomic mass is 19.1. The van der Waals surface area contributed by atoms with Crippen LogP contribution in [0.3, 0.4) is 0 Å². The Bertz CT molecular complexity index is 447. The van der Waals surface area contributed by atoms with Crippen LogP contribution < -0.4 is 10.6 Å². The van der Waals surface area contributed by atoms with Gasteiger partial charge in [-0.3, -0.25) is 10.6 Å². The summed E-state index contributed by atoms with van der Waals surface area (Å²) in [5.41, 5.74) is 0.367. The van der Waals surface area contributed by atoms with E-state index in [1.54, 1.807) is 19.9 Å². The quantitative estimate of drug-likeness (QED) is 0.813. The van der Waals surface area contributed by atoms with Crippen LogP contribution >= 0.6 is 0 Å². The molecule has 0 bridgehead atoms. The van der Waals surface area contributed by atoms with Crippen LogP contribution in [-0.2, 0) is 9.47 Å². The molecule has 0 saturated carbocycles. The summed E-state index contributed by atoms with van der Waals surface area (Å²) in [5, 5.41) is 4.82. The maximum Gasteiger partial charge on any atom is 0.409 e. The molecule has 0 aliphatic heterocycles. The second-order valence-corrected chi connectivity index (χ2v) is 3.72. The summed E-state index contributed by atoms with van der Waals surface area (Å²) in [6.45, 7) is 3.66. The van der Waals surface area contributed by atoms with Crippen LogP contribution in [0.2, 0.25) is 0 Å². The molecule has 0 aliphatic rings. The average Bonchev–Trinajstić information content (AvgIpc) is 2.38. The smallest absolute Gasteiger partial charge is 0.409 e. The van der Waals surface area contributed by atoms with E-state index in [2.05, 4.69) is 10.6 Å². The van der Waals surface area contributed by atoms with Gasteiger partial charge in [0.05, 0.1) is 13.2 Å². The maximum absolute atomic E-state index is 13.2. The van der Waals surface area contributed by atoms with Gasteiger partial charge in [-0.25, -0.2) is 14.0 Å². The van der Waals surface area contributed by atoms with Crippen molar-refractivity contribution in [3.05, 3.63) is 35.6 Å². The zero-order chi connectivity index (χ0) is 15.0. The summed E-state index contributed by atoms with van der Waals surface area (Å²) in [6, 6.07) is 5.49. The molecule has 0 spiro atoms. The third kappa shape index (κ3) is 5.13. The molecular formula is C13H17FN2O4. The molecule has 0 aliphatic carbocycles. The average molecular weight is 284 g/mol. The zero-order valence-corrected chi connectivity index (χ0v) is 11.3. The Balaban J connectivity index is 2.83. The summed E-state index contributed by atoms with van der Waals surface area (Å²) in [6.07, 6.45) is -2.39. The molecule has 0 heterocycles. The van der Waals surface area contributed by atoms with Crippen LogP contribution in [0.4, 0.5) is 14.0 Å². The van der Waals surface area contributed by atoms with Gasteiger partial charge in [0.25, 0.3) is 0 Å². The first kappa shape index (κ1) is 15.7. The summed E-state index contributed by atoms with van der Waals surface area (Å²) < 4.78 is 22.7. The van der Waals surface area contributed by atoms with Gasteiger partial charge >= 0.3 is 12.2 Å². The Labute approximate surface area is 116 Å². The van der Waals surface area contributed by atoms with Gasteiger partial charge in [-0.1, -0.05) is 12.1 Å². The van der Waals surface area contributed by atoms with Gasteiger partial charge in [0.2, 0.25) is 0 Å². The van der Waals surface area contributed by atoms with E-state index < -0.39 is 24.2 Å². The third-order valence-electron chi connectivity index (χ3n) is 2.26. The van der Waals surface area contributed by atoms with Crippen molar-refractivity contribution in [1.29, 1.82) is 0 Å². The van der Waals surface area contributed by atoms with Gasteiger partial charge in [0.15, 0.2) is 0 Å². The lowest BCUT2D eigenvalue weighted by Crippen LogP contribution is -2.41. The number of carbonyl (C=O) groups excluding carboxylic acids is 2. The minimum Gasteiger partial charge on any atom is -0.450 e. The number of ether oxygens (including phenoxy) is 2. The minimum absolute atomic E-state index is 0.182. The van der Waals surface area contributed by atoms with E-state index in [9.17, 15) is 14.0 Å². The molecule has 0 atom stereocenters. The zero-order valence-electron chi connectivity index (χ0n) is 11.3. The Hall–Kier alpha value is -2.31. The first-order chi connectivity index (χ1) is 9.56. The van der Waals surface area contributed by atoms with Crippen molar-refractivity contribution in [1.82, 2.24) is 10.6 Å². The highest BCUT2D eigenvalue weighted by molar-refractivity contribution is 5.71. The van der Waals surface area contributed by atoms with E-state index in [1.165, 1.54) is 18.2 Å². The highest BCUT2D eigenvalue weighted by Crippen LogP contribution is 2.12. The molecule has 0 aromatic heterocycles. The Morgan fingerprint density at radius 1 is 1.15 bits per heavy atom. The number of amides is 2. The van der Waals surface area contributed by atoms with E-state index in [1.807, 2.05) is 0 Å². The highest BCUT2D eigenvalue weighted by Gasteiger charge is 2.18. The van der Waals surface area contributed by atoms with Gasteiger partial charge in [-0.15, -0.1) is 0 Å². The molecule has 0 unspecified atom stereocenters. The SMILES string of the molecule is CCOC(=O)NC(NC(=O)OCC)c1cccc(F)c1.